The normalized spacial score (nSPS) is 18.0. The van der Waals surface area contributed by atoms with Gasteiger partial charge >= 0.3 is 5.97 Å². The van der Waals surface area contributed by atoms with Crippen LogP contribution in [-0.4, -0.2) is 44.5 Å². The molecule has 1 saturated heterocycles. The van der Waals surface area contributed by atoms with Crippen LogP contribution in [0.1, 0.15) is 53.6 Å². The van der Waals surface area contributed by atoms with E-state index in [2.05, 4.69) is 20.3 Å². The van der Waals surface area contributed by atoms with Gasteiger partial charge in [-0.3, -0.25) is 0 Å². The fraction of sp³-hybridized carbons (Fsp3) is 0.348. The van der Waals surface area contributed by atoms with Crippen LogP contribution in [0.25, 0.3) is 11.0 Å². The van der Waals surface area contributed by atoms with Gasteiger partial charge in [0.2, 0.25) is 0 Å². The van der Waals surface area contributed by atoms with Crippen molar-refractivity contribution in [3.63, 3.8) is 0 Å². The highest BCUT2D eigenvalue weighted by molar-refractivity contribution is 6.29. The molecule has 0 unspecified atom stereocenters. The molecule has 0 saturated carbocycles. The number of rotatable bonds is 5. The molecular weight excluding hydrogens is 466 g/mol. The molecule has 1 aliphatic rings. The number of aromatic carboxylic acids is 1. The minimum atomic E-state index is -2.89. The smallest absolute Gasteiger partial charge is 0.356 e. The van der Waals surface area contributed by atoms with Crippen LogP contribution >= 0.6 is 11.6 Å². The van der Waals surface area contributed by atoms with E-state index in [0.717, 1.165) is 5.56 Å². The van der Waals surface area contributed by atoms with Crippen molar-refractivity contribution in [2.45, 2.75) is 45.2 Å². The Morgan fingerprint density at radius 3 is 2.71 bits per heavy atom. The number of hydrogen-bond donors (Lipinski definition) is 2. The van der Waals surface area contributed by atoms with Gasteiger partial charge in [-0.2, -0.15) is 5.26 Å². The Labute approximate surface area is 199 Å². The summed E-state index contributed by atoms with van der Waals surface area (Å²) in [6.45, 7) is 4.78. The van der Waals surface area contributed by atoms with Crippen LogP contribution in [0.4, 0.5) is 20.3 Å². The number of nitrogens with zero attached hydrogens (tertiary/aromatic N) is 5. The molecule has 1 fully saturated rings. The van der Waals surface area contributed by atoms with E-state index in [1.807, 2.05) is 19.1 Å². The third-order valence-corrected chi connectivity index (χ3v) is 5.94. The van der Waals surface area contributed by atoms with E-state index in [9.17, 15) is 23.9 Å². The van der Waals surface area contributed by atoms with Crippen molar-refractivity contribution in [2.24, 2.45) is 0 Å². The first kappa shape index (κ1) is 23.6. The van der Waals surface area contributed by atoms with E-state index in [4.69, 9.17) is 11.6 Å². The van der Waals surface area contributed by atoms with Gasteiger partial charge in [-0.25, -0.2) is 28.5 Å². The molecule has 0 aliphatic carbocycles. The molecule has 11 heteroatoms. The van der Waals surface area contributed by atoms with E-state index in [1.165, 1.54) is 17.0 Å². The number of benzene rings is 1. The molecule has 1 aromatic carbocycles. The van der Waals surface area contributed by atoms with E-state index < -0.39 is 30.5 Å². The van der Waals surface area contributed by atoms with Crippen LogP contribution < -0.4 is 10.2 Å². The van der Waals surface area contributed by atoms with Crippen LogP contribution in [0.2, 0.25) is 5.15 Å². The maximum absolute atomic E-state index is 14.1. The zero-order valence-corrected chi connectivity index (χ0v) is 19.4. The first-order chi connectivity index (χ1) is 16.0. The zero-order valence-electron chi connectivity index (χ0n) is 18.6. The molecule has 3 aromatic rings. The minimum Gasteiger partial charge on any atom is -0.476 e. The average molecular weight is 487 g/mol. The topological polar surface area (TPSA) is 115 Å². The summed E-state index contributed by atoms with van der Waals surface area (Å²) in [5.41, 5.74) is 2.38. The second-order valence-electron chi connectivity index (χ2n) is 8.47. The molecule has 2 aromatic heterocycles. The maximum atomic E-state index is 14.1. The van der Waals surface area contributed by atoms with Crippen molar-refractivity contribution in [1.29, 1.82) is 5.26 Å². The van der Waals surface area contributed by atoms with E-state index in [0.29, 0.717) is 16.6 Å². The highest BCUT2D eigenvalue weighted by atomic mass is 35.5. The molecule has 4 rings (SSSR count). The average Bonchev–Trinajstić information content (AvgIpc) is 3.05. The van der Waals surface area contributed by atoms with Crippen molar-refractivity contribution in [2.75, 3.05) is 16.8 Å². The Morgan fingerprint density at radius 1 is 1.35 bits per heavy atom. The lowest BCUT2D eigenvalue weighted by Gasteiger charge is -2.24. The molecule has 8 nitrogen and oxygen atoms in total. The third-order valence-electron chi connectivity index (χ3n) is 5.73. The Balaban J connectivity index is 1.82. The van der Waals surface area contributed by atoms with Gasteiger partial charge in [0.1, 0.15) is 11.2 Å². The summed E-state index contributed by atoms with van der Waals surface area (Å²) in [5, 5.41) is 22.3. The Hall–Kier alpha value is -3.58. The van der Waals surface area contributed by atoms with E-state index in [1.54, 1.807) is 19.9 Å². The number of carbonyl (C=O) groups is 1. The Morgan fingerprint density at radius 2 is 2.09 bits per heavy atom. The maximum Gasteiger partial charge on any atom is 0.356 e. The summed E-state index contributed by atoms with van der Waals surface area (Å²) >= 11 is 5.85. The van der Waals surface area contributed by atoms with Crippen LogP contribution in [-0.2, 0) is 0 Å². The Bertz CT molecular complexity index is 1340. The number of alkyl halides is 2. The number of pyridine rings is 1. The fourth-order valence-electron chi connectivity index (χ4n) is 4.25. The number of aryl methyl sites for hydroxylation is 1. The quantitative estimate of drug-likeness (QED) is 0.486. The standard InChI is InChI=1S/C23H21ClF2N6O2/c1-11-6-14(13(3)28-15-4-5-18(24)30-20(15)22(33)34)19-16(7-11)29-17(9-27)21(31-19)32-10-23(25,26)8-12(32)2/h4-7,12-13,28H,8,10H2,1-3H3,(H,33,34)/t12-,13+/m0/s1. The number of nitriles is 1. The molecular formula is C23H21ClF2N6O2. The summed E-state index contributed by atoms with van der Waals surface area (Å²) in [4.78, 5) is 26.0. The molecule has 2 N–H and O–H groups in total. The summed E-state index contributed by atoms with van der Waals surface area (Å²) in [6, 6.07) is 7.62. The van der Waals surface area contributed by atoms with E-state index >= 15 is 0 Å². The highest BCUT2D eigenvalue weighted by Crippen LogP contribution is 2.37. The van der Waals surface area contributed by atoms with E-state index in [-0.39, 0.29) is 34.5 Å². The number of fused-ring (bicyclic) bond motifs is 1. The van der Waals surface area contributed by atoms with Crippen LogP contribution in [0.15, 0.2) is 24.3 Å². The molecule has 3 heterocycles. The summed E-state index contributed by atoms with van der Waals surface area (Å²) < 4.78 is 28.1. The van der Waals surface area contributed by atoms with Gasteiger partial charge < -0.3 is 15.3 Å². The number of carboxylic acid groups (broad SMARTS) is 1. The number of hydrogen-bond acceptors (Lipinski definition) is 7. The lowest BCUT2D eigenvalue weighted by atomic mass is 10.0. The molecule has 2 atom stereocenters. The highest BCUT2D eigenvalue weighted by Gasteiger charge is 2.44. The molecule has 34 heavy (non-hydrogen) atoms. The largest absolute Gasteiger partial charge is 0.476 e. The third kappa shape index (κ3) is 4.43. The van der Waals surface area contributed by atoms with Crippen molar-refractivity contribution in [3.8, 4) is 6.07 Å². The minimum absolute atomic E-state index is 0.0238. The molecule has 0 spiro atoms. The number of carboxylic acids is 1. The predicted octanol–water partition coefficient (Wildman–Crippen LogP) is 4.96. The number of nitrogens with one attached hydrogen (secondary N) is 1. The second-order valence-corrected chi connectivity index (χ2v) is 8.86. The van der Waals surface area contributed by atoms with Gasteiger partial charge in [-0.15, -0.1) is 0 Å². The summed E-state index contributed by atoms with van der Waals surface area (Å²) in [6.07, 6.45) is -0.335. The van der Waals surface area contributed by atoms with Gasteiger partial charge in [0.15, 0.2) is 17.2 Å². The first-order valence-corrected chi connectivity index (χ1v) is 10.9. The van der Waals surface area contributed by atoms with Crippen molar-refractivity contribution in [1.82, 2.24) is 15.0 Å². The molecule has 0 bridgehead atoms. The molecule has 0 amide bonds. The summed E-state index contributed by atoms with van der Waals surface area (Å²) in [7, 11) is 0. The second kappa shape index (κ2) is 8.65. The van der Waals surface area contributed by atoms with Crippen molar-refractivity contribution >= 4 is 40.1 Å². The monoisotopic (exact) mass is 486 g/mol. The Kier molecular flexibility index (Phi) is 6.00. The molecule has 176 valence electrons. The lowest BCUT2D eigenvalue weighted by molar-refractivity contribution is 0.0229. The summed E-state index contributed by atoms with van der Waals surface area (Å²) in [5.74, 6) is -4.02. The van der Waals surface area contributed by atoms with Gasteiger partial charge in [0.25, 0.3) is 5.92 Å². The van der Waals surface area contributed by atoms with Crippen LogP contribution in [0.5, 0.6) is 0 Å². The first-order valence-electron chi connectivity index (χ1n) is 10.5. The van der Waals surface area contributed by atoms with Gasteiger partial charge in [0, 0.05) is 18.0 Å². The SMILES string of the molecule is Cc1cc([C@@H](C)Nc2ccc(Cl)nc2C(=O)O)c2nc(N3CC(F)(F)C[C@@H]3C)c(C#N)nc2c1. The van der Waals surface area contributed by atoms with Crippen LogP contribution in [0, 0.1) is 18.3 Å². The van der Waals surface area contributed by atoms with Gasteiger partial charge in [0.05, 0.1) is 29.3 Å². The molecule has 0 radical (unpaired) electrons. The van der Waals surface area contributed by atoms with Crippen molar-refractivity contribution in [3.05, 3.63) is 51.9 Å². The number of anilines is 2. The fourth-order valence-corrected chi connectivity index (χ4v) is 4.40. The van der Waals surface area contributed by atoms with Gasteiger partial charge in [-0.1, -0.05) is 17.7 Å². The predicted molar refractivity (Wildman–Crippen MR) is 124 cm³/mol. The van der Waals surface area contributed by atoms with Gasteiger partial charge in [-0.05, 0) is 44.5 Å². The van der Waals surface area contributed by atoms with Crippen molar-refractivity contribution < 1.29 is 18.7 Å². The molecule has 1 aliphatic heterocycles. The van der Waals surface area contributed by atoms with Crippen LogP contribution in [0.3, 0.4) is 0 Å². The zero-order chi connectivity index (χ0) is 24.8. The lowest BCUT2D eigenvalue weighted by Crippen LogP contribution is -2.30. The number of halogens is 3. The number of aromatic nitrogens is 3.